The maximum atomic E-state index is 16.9. The smallest absolute Gasteiger partial charge is 0.270 e. The highest BCUT2D eigenvalue weighted by molar-refractivity contribution is 6.02. The first kappa shape index (κ1) is 37.0. The van der Waals surface area contributed by atoms with Crippen LogP contribution in [0.25, 0.3) is 43.7 Å². The highest BCUT2D eigenvalue weighted by Gasteiger charge is 2.38. The molecule has 1 unspecified atom stereocenters. The largest absolute Gasteiger partial charge is 0.351 e. The van der Waals surface area contributed by atoms with Gasteiger partial charge in [0.15, 0.2) is 0 Å². The highest BCUT2D eigenvalue weighted by Crippen LogP contribution is 2.40. The number of hydrogen-bond donors (Lipinski definition) is 2. The molecule has 0 bridgehead atoms. The number of carbonyl (C=O) groups excluding carboxylic acids is 2. The van der Waals surface area contributed by atoms with E-state index >= 15 is 9.18 Å². The third-order valence-electron chi connectivity index (χ3n) is 10.1. The van der Waals surface area contributed by atoms with Gasteiger partial charge >= 0.3 is 0 Å². The van der Waals surface area contributed by atoms with E-state index in [0.717, 1.165) is 11.1 Å². The number of nitrogens with zero attached hydrogens (tertiary/aromatic N) is 7. The van der Waals surface area contributed by atoms with Gasteiger partial charge in [0, 0.05) is 42.2 Å². The van der Waals surface area contributed by atoms with E-state index in [1.807, 2.05) is 58.8 Å². The fraction of sp³-hybridized carbons (Fsp3) is 0.375. The lowest BCUT2D eigenvalue weighted by molar-refractivity contribution is -0.129. The number of piperidine rings is 1. The summed E-state index contributed by atoms with van der Waals surface area (Å²) in [4.78, 5) is 59.4. The standard InChI is InChI=1S/C40H44FN9O3/c1-9-31(51)49-16-13-25(18-26(49)20-42-6)33-27-19-29(41)36(32-23(4)10-11-30-28(32)21-45-47-30)46-38(27)50(37-24(5)12-14-43-35(37)22(2)3)40(53)34(33)39(52)44-15-17-48(7)8/h9-12,14,19,21-22,25-26H,1,13,15-18,20H2,2-5,7-8H3,(H,44,52)(H,45,47)/t25?,26-/m1/s1. The molecule has 5 heterocycles. The summed E-state index contributed by atoms with van der Waals surface area (Å²) in [6.07, 6.45) is 5.18. The zero-order valence-electron chi connectivity index (χ0n) is 31.0. The molecule has 2 amide bonds. The van der Waals surface area contributed by atoms with E-state index in [1.54, 1.807) is 23.4 Å². The topological polar surface area (TPSA) is 133 Å². The molecule has 2 N–H and O–H groups in total. The van der Waals surface area contributed by atoms with Gasteiger partial charge in [0.25, 0.3) is 11.5 Å². The predicted molar refractivity (Wildman–Crippen MR) is 204 cm³/mol. The minimum atomic E-state index is -0.635. The van der Waals surface area contributed by atoms with Gasteiger partial charge in [-0.25, -0.2) is 15.9 Å². The minimum absolute atomic E-state index is 0.0206. The van der Waals surface area contributed by atoms with Crippen molar-refractivity contribution in [2.45, 2.75) is 58.4 Å². The summed E-state index contributed by atoms with van der Waals surface area (Å²) < 4.78 is 18.3. The number of likely N-dealkylation sites (tertiary alicyclic amines) is 1. The summed E-state index contributed by atoms with van der Waals surface area (Å²) in [7, 11) is 3.76. The summed E-state index contributed by atoms with van der Waals surface area (Å²) in [5, 5.41) is 11.0. The van der Waals surface area contributed by atoms with Crippen molar-refractivity contribution in [3.63, 3.8) is 0 Å². The molecule has 13 heteroatoms. The summed E-state index contributed by atoms with van der Waals surface area (Å²) >= 11 is 0. The van der Waals surface area contributed by atoms with Gasteiger partial charge in [-0.15, -0.1) is 0 Å². The van der Waals surface area contributed by atoms with E-state index in [0.29, 0.717) is 51.8 Å². The van der Waals surface area contributed by atoms with Crippen molar-refractivity contribution < 1.29 is 14.0 Å². The zero-order chi connectivity index (χ0) is 38.1. The van der Waals surface area contributed by atoms with Crippen LogP contribution in [0.15, 0.2) is 54.1 Å². The first-order valence-corrected chi connectivity index (χ1v) is 17.7. The molecule has 12 nitrogen and oxygen atoms in total. The molecule has 2 atom stereocenters. The number of aromatic nitrogens is 5. The molecule has 1 fully saturated rings. The fourth-order valence-corrected chi connectivity index (χ4v) is 7.54. The van der Waals surface area contributed by atoms with Crippen LogP contribution >= 0.6 is 0 Å². The maximum absolute atomic E-state index is 16.9. The van der Waals surface area contributed by atoms with Crippen LogP contribution in [0.4, 0.5) is 4.39 Å². The Hall–Kier alpha value is -5.74. The van der Waals surface area contributed by atoms with Crippen molar-refractivity contribution in [3.8, 4) is 16.9 Å². The van der Waals surface area contributed by atoms with Gasteiger partial charge in [0.2, 0.25) is 12.5 Å². The Morgan fingerprint density at radius 3 is 2.68 bits per heavy atom. The van der Waals surface area contributed by atoms with Gasteiger partial charge in [0.1, 0.15) is 28.8 Å². The number of benzene rings is 1. The minimum Gasteiger partial charge on any atom is -0.351 e. The number of aryl methyl sites for hydroxylation is 2. The number of halogens is 1. The predicted octanol–water partition coefficient (Wildman–Crippen LogP) is 5.67. The number of hydrogen-bond acceptors (Lipinski definition) is 7. The molecule has 1 aliphatic rings. The molecule has 4 aromatic heterocycles. The van der Waals surface area contributed by atoms with Crippen molar-refractivity contribution in [1.29, 1.82) is 0 Å². The van der Waals surface area contributed by atoms with Crippen LogP contribution in [0.3, 0.4) is 0 Å². The maximum Gasteiger partial charge on any atom is 0.270 e. The lowest BCUT2D eigenvalue weighted by Crippen LogP contribution is -2.47. The third kappa shape index (κ3) is 6.82. The summed E-state index contributed by atoms with van der Waals surface area (Å²) in [5.41, 5.74) is 3.66. The molecule has 0 saturated carbocycles. The molecule has 6 rings (SSSR count). The van der Waals surface area contributed by atoms with Gasteiger partial charge in [-0.05, 0) is 93.6 Å². The number of carbonyl (C=O) groups is 2. The average molecular weight is 718 g/mol. The van der Waals surface area contributed by atoms with Crippen LogP contribution in [0.1, 0.15) is 71.3 Å². The number of pyridine rings is 3. The Balaban J connectivity index is 1.74. The molecule has 53 heavy (non-hydrogen) atoms. The molecular weight excluding hydrogens is 673 g/mol. The Morgan fingerprint density at radius 1 is 1.21 bits per heavy atom. The number of aromatic amines is 1. The zero-order valence-corrected chi connectivity index (χ0v) is 31.0. The van der Waals surface area contributed by atoms with E-state index < -0.39 is 29.2 Å². The molecule has 1 saturated heterocycles. The first-order valence-electron chi connectivity index (χ1n) is 17.7. The summed E-state index contributed by atoms with van der Waals surface area (Å²) in [6, 6.07) is 6.40. The van der Waals surface area contributed by atoms with Crippen molar-refractivity contribution in [1.82, 2.24) is 39.8 Å². The lowest BCUT2D eigenvalue weighted by atomic mass is 9.81. The highest BCUT2D eigenvalue weighted by atomic mass is 19.1. The lowest BCUT2D eigenvalue weighted by Gasteiger charge is -2.37. The second kappa shape index (κ2) is 15.1. The monoisotopic (exact) mass is 717 g/mol. The Bertz CT molecular complexity index is 2350. The number of fused-ring (bicyclic) bond motifs is 2. The number of nitrogens with one attached hydrogen (secondary N) is 2. The van der Waals surface area contributed by atoms with Crippen LogP contribution in [0, 0.1) is 26.2 Å². The van der Waals surface area contributed by atoms with Gasteiger partial charge in [-0.3, -0.25) is 29.0 Å². The molecular formula is C40H44FN9O3. The third-order valence-corrected chi connectivity index (χ3v) is 10.1. The molecule has 0 radical (unpaired) electrons. The normalized spacial score (nSPS) is 16.0. The van der Waals surface area contributed by atoms with Crippen LogP contribution in [-0.2, 0) is 4.79 Å². The molecule has 274 valence electrons. The number of amides is 2. The Morgan fingerprint density at radius 2 is 1.98 bits per heavy atom. The van der Waals surface area contributed by atoms with Gasteiger partial charge in [0.05, 0.1) is 23.1 Å². The molecule has 1 aliphatic heterocycles. The average Bonchev–Trinajstić information content (AvgIpc) is 3.60. The molecule has 0 aliphatic carbocycles. The van der Waals surface area contributed by atoms with Crippen molar-refractivity contribution in [2.75, 3.05) is 40.3 Å². The van der Waals surface area contributed by atoms with Crippen molar-refractivity contribution >= 4 is 33.8 Å². The molecule has 5 aromatic rings. The van der Waals surface area contributed by atoms with Crippen LogP contribution in [0.5, 0.6) is 0 Å². The van der Waals surface area contributed by atoms with E-state index in [9.17, 15) is 9.59 Å². The Kier molecular flexibility index (Phi) is 10.5. The summed E-state index contributed by atoms with van der Waals surface area (Å²) in [6.45, 7) is 20.0. The van der Waals surface area contributed by atoms with Crippen LogP contribution < -0.4 is 10.9 Å². The Labute approximate surface area is 307 Å². The SMILES string of the molecule is [C-]#[N+]C[C@H]1CC(c2c(C(=O)NCCN(C)C)c(=O)n(-c3c(C)ccnc3C(C)C)c3nc(-c4c(C)ccc5[nH]ncc45)c(F)cc23)CCN1C(=O)C=C. The molecule has 1 aromatic carbocycles. The fourth-order valence-electron chi connectivity index (χ4n) is 7.54. The number of rotatable bonds is 10. The quantitative estimate of drug-likeness (QED) is 0.140. The number of likely N-dealkylation sites (N-methyl/N-ethyl adjacent to an activating group) is 1. The summed E-state index contributed by atoms with van der Waals surface area (Å²) in [5.74, 6) is -2.13. The number of H-pyrrole nitrogens is 1. The van der Waals surface area contributed by atoms with Crippen molar-refractivity contribution in [3.05, 3.63) is 105 Å². The van der Waals surface area contributed by atoms with E-state index in [2.05, 4.69) is 31.9 Å². The van der Waals surface area contributed by atoms with Gasteiger partial charge < -0.3 is 20.0 Å². The van der Waals surface area contributed by atoms with E-state index in [-0.39, 0.29) is 54.8 Å². The van der Waals surface area contributed by atoms with E-state index in [4.69, 9.17) is 11.6 Å². The second-order valence-electron chi connectivity index (χ2n) is 14.2. The first-order chi connectivity index (χ1) is 25.4. The van der Waals surface area contributed by atoms with Crippen LogP contribution in [0.2, 0.25) is 0 Å². The van der Waals surface area contributed by atoms with Gasteiger partial charge in [-0.2, -0.15) is 5.10 Å². The van der Waals surface area contributed by atoms with Crippen LogP contribution in [-0.4, -0.2) is 92.7 Å². The molecule has 0 spiro atoms. The van der Waals surface area contributed by atoms with E-state index in [1.165, 1.54) is 16.7 Å². The second-order valence-corrected chi connectivity index (χ2v) is 14.2. The van der Waals surface area contributed by atoms with Gasteiger partial charge in [-0.1, -0.05) is 26.5 Å². The van der Waals surface area contributed by atoms with Crippen molar-refractivity contribution in [2.24, 2.45) is 0 Å².